The summed E-state index contributed by atoms with van der Waals surface area (Å²) in [7, 11) is 1.93. The molecule has 0 bridgehead atoms. The summed E-state index contributed by atoms with van der Waals surface area (Å²) in [6.07, 6.45) is -0.649. The summed E-state index contributed by atoms with van der Waals surface area (Å²) in [5, 5.41) is 9.57. The van der Waals surface area contributed by atoms with Crippen LogP contribution in [0.2, 0.25) is 0 Å². The van der Waals surface area contributed by atoms with Gasteiger partial charge < -0.3 is 10.0 Å². The number of halogens is 1. The highest BCUT2D eigenvalue weighted by Crippen LogP contribution is 2.28. The summed E-state index contributed by atoms with van der Waals surface area (Å²) in [4.78, 5) is 1.99. The Balaban J connectivity index is 3.28. The van der Waals surface area contributed by atoms with Crippen molar-refractivity contribution >= 4 is 5.69 Å². The molecule has 1 atom stereocenters. The molecule has 1 unspecified atom stereocenters. The molecule has 1 N–H and O–H groups in total. The van der Waals surface area contributed by atoms with Crippen molar-refractivity contribution in [3.8, 4) is 0 Å². The van der Waals surface area contributed by atoms with Crippen LogP contribution in [0.25, 0.3) is 0 Å². The molecule has 0 aliphatic heterocycles. The Hall–Kier alpha value is -1.09. The SMILES string of the molecule is CCN(C)c1cc(C)c(F)cc1C(C)O. The largest absolute Gasteiger partial charge is 0.389 e. The summed E-state index contributed by atoms with van der Waals surface area (Å²) >= 11 is 0. The molecule has 0 saturated heterocycles. The van der Waals surface area contributed by atoms with E-state index in [0.717, 1.165) is 12.2 Å². The average Bonchev–Trinajstić information content (AvgIpc) is 2.20. The van der Waals surface area contributed by atoms with Gasteiger partial charge in [-0.05, 0) is 38.5 Å². The molecule has 15 heavy (non-hydrogen) atoms. The molecule has 0 aromatic heterocycles. The van der Waals surface area contributed by atoms with E-state index in [1.54, 1.807) is 19.9 Å². The van der Waals surface area contributed by atoms with Crippen molar-refractivity contribution in [2.75, 3.05) is 18.5 Å². The first kappa shape index (κ1) is 12.0. The van der Waals surface area contributed by atoms with Crippen molar-refractivity contribution in [1.29, 1.82) is 0 Å². The predicted molar refractivity (Wildman–Crippen MR) is 60.7 cm³/mol. The molecule has 0 aliphatic carbocycles. The van der Waals surface area contributed by atoms with Crippen molar-refractivity contribution in [2.24, 2.45) is 0 Å². The molecule has 3 heteroatoms. The molecule has 0 heterocycles. The molecular formula is C12H18FNO. The number of benzene rings is 1. The zero-order valence-corrected chi connectivity index (χ0v) is 9.71. The third-order valence-corrected chi connectivity index (χ3v) is 2.64. The standard InChI is InChI=1S/C12H18FNO/c1-5-14(4)12-6-8(2)11(13)7-10(12)9(3)15/h6-7,9,15H,5H2,1-4H3. The number of aryl methyl sites for hydroxylation is 1. The van der Waals surface area contributed by atoms with Gasteiger partial charge in [0.1, 0.15) is 5.82 Å². The summed E-state index contributed by atoms with van der Waals surface area (Å²) in [5.41, 5.74) is 2.14. The molecule has 2 nitrogen and oxygen atoms in total. The minimum Gasteiger partial charge on any atom is -0.389 e. The molecule has 1 aromatic rings. The van der Waals surface area contributed by atoms with Gasteiger partial charge in [-0.1, -0.05) is 0 Å². The molecule has 1 aromatic carbocycles. The van der Waals surface area contributed by atoms with E-state index in [0.29, 0.717) is 11.1 Å². The maximum Gasteiger partial charge on any atom is 0.126 e. The zero-order chi connectivity index (χ0) is 11.6. The van der Waals surface area contributed by atoms with Gasteiger partial charge in [-0.25, -0.2) is 4.39 Å². The van der Waals surface area contributed by atoms with Crippen molar-refractivity contribution in [3.05, 3.63) is 29.1 Å². The number of nitrogens with zero attached hydrogens (tertiary/aromatic N) is 1. The highest BCUT2D eigenvalue weighted by Gasteiger charge is 2.13. The Morgan fingerprint density at radius 2 is 2.07 bits per heavy atom. The first-order valence-electron chi connectivity index (χ1n) is 5.16. The molecule has 0 aliphatic rings. The van der Waals surface area contributed by atoms with E-state index in [2.05, 4.69) is 0 Å². The van der Waals surface area contributed by atoms with Gasteiger partial charge in [0, 0.05) is 24.8 Å². The van der Waals surface area contributed by atoms with E-state index in [4.69, 9.17) is 0 Å². The van der Waals surface area contributed by atoms with E-state index in [-0.39, 0.29) is 5.82 Å². The van der Waals surface area contributed by atoms with Crippen LogP contribution in [0.5, 0.6) is 0 Å². The second-order valence-electron chi connectivity index (χ2n) is 3.85. The molecule has 0 amide bonds. The van der Waals surface area contributed by atoms with Crippen molar-refractivity contribution in [3.63, 3.8) is 0 Å². The highest BCUT2D eigenvalue weighted by atomic mass is 19.1. The fourth-order valence-corrected chi connectivity index (χ4v) is 1.52. The van der Waals surface area contributed by atoms with Gasteiger partial charge in [-0.2, -0.15) is 0 Å². The summed E-state index contributed by atoms with van der Waals surface area (Å²) in [5.74, 6) is -0.265. The maximum absolute atomic E-state index is 13.4. The van der Waals surface area contributed by atoms with Crippen molar-refractivity contribution in [2.45, 2.75) is 26.9 Å². The van der Waals surface area contributed by atoms with Gasteiger partial charge in [0.2, 0.25) is 0 Å². The third-order valence-electron chi connectivity index (χ3n) is 2.64. The minimum absolute atomic E-state index is 0.265. The number of hydrogen-bond donors (Lipinski definition) is 1. The predicted octanol–water partition coefficient (Wildman–Crippen LogP) is 2.64. The van der Waals surface area contributed by atoms with Gasteiger partial charge in [0.15, 0.2) is 0 Å². The Kier molecular flexibility index (Phi) is 3.69. The average molecular weight is 211 g/mol. The quantitative estimate of drug-likeness (QED) is 0.830. The summed E-state index contributed by atoms with van der Waals surface area (Å²) in [6.45, 7) is 6.22. The molecule has 0 spiro atoms. The molecule has 0 saturated carbocycles. The van der Waals surface area contributed by atoms with Gasteiger partial charge in [-0.15, -0.1) is 0 Å². The smallest absolute Gasteiger partial charge is 0.126 e. The van der Waals surface area contributed by atoms with Crippen LogP contribution >= 0.6 is 0 Å². The van der Waals surface area contributed by atoms with Gasteiger partial charge >= 0.3 is 0 Å². The van der Waals surface area contributed by atoms with Crippen LogP contribution in [0, 0.1) is 12.7 Å². The molecule has 1 rings (SSSR count). The Bertz CT molecular complexity index is 350. The van der Waals surface area contributed by atoms with E-state index in [1.807, 2.05) is 18.9 Å². The number of rotatable bonds is 3. The maximum atomic E-state index is 13.4. The van der Waals surface area contributed by atoms with Crippen LogP contribution in [0.3, 0.4) is 0 Å². The van der Waals surface area contributed by atoms with Gasteiger partial charge in [-0.3, -0.25) is 0 Å². The van der Waals surface area contributed by atoms with E-state index >= 15 is 0 Å². The van der Waals surface area contributed by atoms with Gasteiger partial charge in [0.05, 0.1) is 6.10 Å². The molecule has 0 fully saturated rings. The lowest BCUT2D eigenvalue weighted by molar-refractivity contribution is 0.199. The highest BCUT2D eigenvalue weighted by molar-refractivity contribution is 5.56. The summed E-state index contributed by atoms with van der Waals surface area (Å²) < 4.78 is 13.4. The van der Waals surface area contributed by atoms with Crippen LogP contribution in [-0.4, -0.2) is 18.7 Å². The number of aliphatic hydroxyl groups is 1. The Labute approximate surface area is 90.3 Å². The Morgan fingerprint density at radius 1 is 1.47 bits per heavy atom. The number of hydrogen-bond acceptors (Lipinski definition) is 2. The van der Waals surface area contributed by atoms with Crippen molar-refractivity contribution in [1.82, 2.24) is 0 Å². The lowest BCUT2D eigenvalue weighted by Crippen LogP contribution is -2.18. The van der Waals surface area contributed by atoms with E-state index in [9.17, 15) is 9.50 Å². The monoisotopic (exact) mass is 211 g/mol. The van der Waals surface area contributed by atoms with Gasteiger partial charge in [0.25, 0.3) is 0 Å². The Morgan fingerprint density at radius 3 is 2.53 bits per heavy atom. The second-order valence-corrected chi connectivity index (χ2v) is 3.85. The van der Waals surface area contributed by atoms with Crippen molar-refractivity contribution < 1.29 is 9.50 Å². The first-order valence-corrected chi connectivity index (χ1v) is 5.16. The van der Waals surface area contributed by atoms with Crippen LogP contribution in [-0.2, 0) is 0 Å². The first-order chi connectivity index (χ1) is 6.97. The van der Waals surface area contributed by atoms with Crippen LogP contribution in [0.1, 0.15) is 31.1 Å². The number of aliphatic hydroxyl groups excluding tert-OH is 1. The second kappa shape index (κ2) is 4.62. The van der Waals surface area contributed by atoms with E-state index < -0.39 is 6.10 Å². The minimum atomic E-state index is -0.649. The van der Waals surface area contributed by atoms with E-state index in [1.165, 1.54) is 6.07 Å². The number of anilines is 1. The fraction of sp³-hybridized carbons (Fsp3) is 0.500. The van der Waals surface area contributed by atoms with Crippen LogP contribution in [0.4, 0.5) is 10.1 Å². The molecular weight excluding hydrogens is 193 g/mol. The lowest BCUT2D eigenvalue weighted by atomic mass is 10.0. The topological polar surface area (TPSA) is 23.5 Å². The lowest BCUT2D eigenvalue weighted by Gasteiger charge is -2.23. The van der Waals surface area contributed by atoms with Crippen LogP contribution < -0.4 is 4.90 Å². The molecule has 84 valence electrons. The third kappa shape index (κ3) is 2.48. The zero-order valence-electron chi connectivity index (χ0n) is 9.71. The summed E-state index contributed by atoms with van der Waals surface area (Å²) in [6, 6.07) is 3.20. The normalized spacial score (nSPS) is 12.7. The molecule has 0 radical (unpaired) electrons. The fourth-order valence-electron chi connectivity index (χ4n) is 1.52. The van der Waals surface area contributed by atoms with Crippen LogP contribution in [0.15, 0.2) is 12.1 Å².